The zero-order valence-electron chi connectivity index (χ0n) is 21.0. The fourth-order valence-electron chi connectivity index (χ4n) is 3.70. The lowest BCUT2D eigenvalue weighted by Crippen LogP contribution is -2.36. The number of hydrogen-bond acceptors (Lipinski definition) is 5. The molecular weight excluding hydrogens is 470 g/mol. The van der Waals surface area contributed by atoms with Crippen molar-refractivity contribution in [2.45, 2.75) is 39.5 Å². The number of rotatable bonds is 8. The molecule has 1 N–H and O–H groups in total. The van der Waals surface area contributed by atoms with Gasteiger partial charge in [0.15, 0.2) is 0 Å². The smallest absolute Gasteiger partial charge is 0.415 e. The molecule has 1 amide bonds. The highest BCUT2D eigenvalue weighted by molar-refractivity contribution is 5.94. The lowest BCUT2D eigenvalue weighted by molar-refractivity contribution is 0.0577. The lowest BCUT2D eigenvalue weighted by Gasteiger charge is -2.28. The van der Waals surface area contributed by atoms with E-state index in [9.17, 15) is 14.7 Å². The van der Waals surface area contributed by atoms with Gasteiger partial charge in [0.05, 0.1) is 24.8 Å². The Morgan fingerprint density at radius 3 is 2.24 bits per heavy atom. The van der Waals surface area contributed by atoms with Crippen LogP contribution in [0.3, 0.4) is 0 Å². The minimum Gasteiger partial charge on any atom is -0.488 e. The number of ether oxygens (including phenoxy) is 2. The van der Waals surface area contributed by atoms with Gasteiger partial charge in [0, 0.05) is 11.6 Å². The summed E-state index contributed by atoms with van der Waals surface area (Å²) in [5, 5.41) is 9.70. The number of carboxylic acids is 1. The van der Waals surface area contributed by atoms with E-state index in [2.05, 4.69) is 0 Å². The first-order valence-corrected chi connectivity index (χ1v) is 11.9. The molecule has 4 aromatic rings. The van der Waals surface area contributed by atoms with Gasteiger partial charge in [-0.3, -0.25) is 4.90 Å². The van der Waals surface area contributed by atoms with Crippen LogP contribution in [-0.2, 0) is 17.9 Å². The summed E-state index contributed by atoms with van der Waals surface area (Å²) in [6.07, 6.45) is 2.73. The number of amides is 1. The predicted octanol–water partition coefficient (Wildman–Crippen LogP) is 7.17. The summed E-state index contributed by atoms with van der Waals surface area (Å²) in [4.78, 5) is 26.6. The summed E-state index contributed by atoms with van der Waals surface area (Å²) < 4.78 is 16.7. The third-order valence-electron chi connectivity index (χ3n) is 5.51. The van der Waals surface area contributed by atoms with Crippen molar-refractivity contribution in [3.63, 3.8) is 0 Å². The Labute approximate surface area is 215 Å². The number of carbonyl (C=O) groups is 2. The van der Waals surface area contributed by atoms with E-state index in [0.29, 0.717) is 5.69 Å². The van der Waals surface area contributed by atoms with Crippen molar-refractivity contribution in [3.8, 4) is 16.9 Å². The zero-order chi connectivity index (χ0) is 26.4. The van der Waals surface area contributed by atoms with Crippen molar-refractivity contribution >= 4 is 17.7 Å². The SMILES string of the molecule is CC(C)(C)OC(=O)N(Cc1ccc(-c2ccoc2)cc1)c1ccc(C(=O)O)c(OCc2ccccc2)c1. The second-order valence-electron chi connectivity index (χ2n) is 9.54. The van der Waals surface area contributed by atoms with Crippen molar-refractivity contribution in [3.05, 3.63) is 108 Å². The summed E-state index contributed by atoms with van der Waals surface area (Å²) in [6.45, 7) is 5.79. The third kappa shape index (κ3) is 6.79. The van der Waals surface area contributed by atoms with Gasteiger partial charge < -0.3 is 19.0 Å². The van der Waals surface area contributed by atoms with Crippen LogP contribution in [0.4, 0.5) is 10.5 Å². The molecule has 0 aliphatic rings. The number of furan rings is 1. The molecule has 0 aliphatic heterocycles. The molecule has 4 rings (SSSR count). The van der Waals surface area contributed by atoms with Crippen LogP contribution in [0.25, 0.3) is 11.1 Å². The van der Waals surface area contributed by atoms with Gasteiger partial charge in [-0.05, 0) is 55.7 Å². The molecule has 1 aromatic heterocycles. The van der Waals surface area contributed by atoms with Crippen LogP contribution in [0.2, 0.25) is 0 Å². The average molecular weight is 500 g/mol. The van der Waals surface area contributed by atoms with Crippen LogP contribution in [-0.4, -0.2) is 22.8 Å². The van der Waals surface area contributed by atoms with E-state index in [0.717, 1.165) is 22.3 Å². The fraction of sp³-hybridized carbons (Fsp3) is 0.200. The molecule has 0 unspecified atom stereocenters. The first kappa shape index (κ1) is 25.6. The maximum atomic E-state index is 13.3. The van der Waals surface area contributed by atoms with Crippen molar-refractivity contribution < 1.29 is 28.6 Å². The first-order chi connectivity index (χ1) is 17.7. The van der Waals surface area contributed by atoms with Crippen molar-refractivity contribution in [1.82, 2.24) is 0 Å². The Morgan fingerprint density at radius 2 is 1.62 bits per heavy atom. The fourth-order valence-corrected chi connectivity index (χ4v) is 3.70. The highest BCUT2D eigenvalue weighted by atomic mass is 16.6. The van der Waals surface area contributed by atoms with E-state index in [-0.39, 0.29) is 24.5 Å². The number of nitrogens with zero attached hydrogens (tertiary/aromatic N) is 1. The normalized spacial score (nSPS) is 11.1. The van der Waals surface area contributed by atoms with Crippen molar-refractivity contribution in [2.24, 2.45) is 0 Å². The molecule has 0 spiro atoms. The van der Waals surface area contributed by atoms with Crippen molar-refractivity contribution in [2.75, 3.05) is 4.90 Å². The number of carboxylic acid groups (broad SMARTS) is 1. The third-order valence-corrected chi connectivity index (χ3v) is 5.51. The van der Waals surface area contributed by atoms with E-state index in [1.54, 1.807) is 45.4 Å². The summed E-state index contributed by atoms with van der Waals surface area (Å²) in [6, 6.07) is 23.7. The van der Waals surface area contributed by atoms with Crippen LogP contribution in [0.1, 0.15) is 42.3 Å². The summed E-state index contributed by atoms with van der Waals surface area (Å²) >= 11 is 0. The molecule has 190 valence electrons. The van der Waals surface area contributed by atoms with E-state index < -0.39 is 17.7 Å². The number of benzene rings is 3. The first-order valence-electron chi connectivity index (χ1n) is 11.9. The van der Waals surface area contributed by atoms with Crippen LogP contribution in [0, 0.1) is 0 Å². The summed E-state index contributed by atoms with van der Waals surface area (Å²) in [5.74, 6) is -0.953. The molecule has 3 aromatic carbocycles. The summed E-state index contributed by atoms with van der Waals surface area (Å²) in [7, 11) is 0. The molecule has 0 saturated heterocycles. The highest BCUT2D eigenvalue weighted by Crippen LogP contribution is 2.30. The Hall–Kier alpha value is -4.52. The van der Waals surface area contributed by atoms with Crippen LogP contribution < -0.4 is 9.64 Å². The van der Waals surface area contributed by atoms with E-state index in [1.165, 1.54) is 11.0 Å². The Morgan fingerprint density at radius 1 is 0.892 bits per heavy atom. The Balaban J connectivity index is 1.64. The minimum atomic E-state index is -1.12. The van der Waals surface area contributed by atoms with Gasteiger partial charge in [-0.1, -0.05) is 54.6 Å². The molecule has 1 heterocycles. The standard InChI is InChI=1S/C30H29NO6/c1-30(2,3)37-29(34)31(18-21-9-11-23(12-10-21)24-15-16-35-20-24)25-13-14-26(28(32)33)27(17-25)36-19-22-7-5-4-6-8-22/h4-17,20H,18-19H2,1-3H3,(H,32,33). The second-order valence-corrected chi connectivity index (χ2v) is 9.54. The molecule has 0 radical (unpaired) electrons. The van der Waals surface area contributed by atoms with Gasteiger partial charge in [-0.2, -0.15) is 0 Å². The summed E-state index contributed by atoms with van der Waals surface area (Å²) in [5.41, 5.74) is 3.46. The van der Waals surface area contributed by atoms with Gasteiger partial charge in [-0.25, -0.2) is 9.59 Å². The minimum absolute atomic E-state index is 0.00767. The predicted molar refractivity (Wildman–Crippen MR) is 141 cm³/mol. The molecule has 0 atom stereocenters. The largest absolute Gasteiger partial charge is 0.488 e. The van der Waals surface area contributed by atoms with E-state index >= 15 is 0 Å². The van der Waals surface area contributed by atoms with Gasteiger partial charge in [0.25, 0.3) is 0 Å². The number of carbonyl (C=O) groups excluding carboxylic acids is 1. The number of hydrogen-bond donors (Lipinski definition) is 1. The maximum absolute atomic E-state index is 13.3. The zero-order valence-corrected chi connectivity index (χ0v) is 21.0. The van der Waals surface area contributed by atoms with E-state index in [1.807, 2.05) is 60.7 Å². The van der Waals surface area contributed by atoms with Gasteiger partial charge in [0.2, 0.25) is 0 Å². The molecule has 0 saturated carbocycles. The van der Waals surface area contributed by atoms with Gasteiger partial charge >= 0.3 is 12.1 Å². The molecule has 0 aliphatic carbocycles. The molecule has 7 heteroatoms. The highest BCUT2D eigenvalue weighted by Gasteiger charge is 2.25. The number of aromatic carboxylic acids is 1. The molecule has 0 bridgehead atoms. The van der Waals surface area contributed by atoms with Gasteiger partial charge in [-0.15, -0.1) is 0 Å². The van der Waals surface area contributed by atoms with Gasteiger partial charge in [0.1, 0.15) is 23.5 Å². The van der Waals surface area contributed by atoms with E-state index in [4.69, 9.17) is 13.9 Å². The molecule has 7 nitrogen and oxygen atoms in total. The second kappa shape index (κ2) is 11.0. The topological polar surface area (TPSA) is 89.2 Å². The van der Waals surface area contributed by atoms with Crippen LogP contribution in [0.5, 0.6) is 5.75 Å². The molecule has 0 fully saturated rings. The maximum Gasteiger partial charge on any atom is 0.415 e. The quantitative estimate of drug-likeness (QED) is 0.277. The average Bonchev–Trinajstić information content (AvgIpc) is 3.41. The lowest BCUT2D eigenvalue weighted by atomic mass is 10.1. The molecular formula is C30H29NO6. The van der Waals surface area contributed by atoms with Crippen LogP contribution in [0.15, 0.2) is 95.8 Å². The van der Waals surface area contributed by atoms with Crippen LogP contribution >= 0.6 is 0 Å². The monoisotopic (exact) mass is 499 g/mol. The Bertz CT molecular complexity index is 1340. The Kier molecular flexibility index (Phi) is 7.63. The molecule has 37 heavy (non-hydrogen) atoms. The van der Waals surface area contributed by atoms with Crippen molar-refractivity contribution in [1.29, 1.82) is 0 Å². The number of anilines is 1.